The first-order chi connectivity index (χ1) is 12.1. The average molecular weight is 358 g/mol. The molecule has 0 saturated heterocycles. The summed E-state index contributed by atoms with van der Waals surface area (Å²) < 4.78 is 10.5. The van der Waals surface area contributed by atoms with Gasteiger partial charge in [0.2, 0.25) is 5.91 Å². The van der Waals surface area contributed by atoms with Gasteiger partial charge in [0, 0.05) is 22.6 Å². The number of carbonyl (C=O) groups excluding carboxylic acids is 1. The van der Waals surface area contributed by atoms with Crippen LogP contribution < -0.4 is 14.9 Å². The number of hydrogen-bond acceptors (Lipinski definition) is 5. The van der Waals surface area contributed by atoms with Crippen molar-refractivity contribution in [2.75, 3.05) is 20.0 Å². The zero-order chi connectivity index (χ0) is 18.1. The summed E-state index contributed by atoms with van der Waals surface area (Å²) in [6.45, 7) is 1.83. The molecule has 6 heteroatoms. The molecule has 1 N–H and O–H groups in total. The topological polar surface area (TPSA) is 59.9 Å². The molecule has 0 aliphatic heterocycles. The van der Waals surface area contributed by atoms with Gasteiger partial charge in [0.1, 0.15) is 0 Å². The summed E-state index contributed by atoms with van der Waals surface area (Å²) in [5, 5.41) is 4.16. The minimum atomic E-state index is -0.108. The standard InChI is InChI=1S/C19H22N2O3S/c1-14(15-9-10-17(23-2)18(13-15)24-3)20-21-19(22)11-12-25-16-7-5-4-6-8-16/h4-10,13H,11-12H2,1-3H3,(H,21,22)/b20-14-. The van der Waals surface area contributed by atoms with Crippen LogP contribution in [0.15, 0.2) is 58.5 Å². The Bertz CT molecular complexity index is 733. The zero-order valence-corrected chi connectivity index (χ0v) is 15.4. The molecule has 2 aromatic rings. The maximum atomic E-state index is 11.9. The van der Waals surface area contributed by atoms with E-state index in [2.05, 4.69) is 10.5 Å². The van der Waals surface area contributed by atoms with E-state index in [-0.39, 0.29) is 5.91 Å². The predicted octanol–water partition coefficient (Wildman–Crippen LogP) is 3.73. The van der Waals surface area contributed by atoms with Crippen LogP contribution in [0.2, 0.25) is 0 Å². The fourth-order valence-corrected chi connectivity index (χ4v) is 2.98. The fraction of sp³-hybridized carbons (Fsp3) is 0.263. The van der Waals surface area contributed by atoms with Crippen LogP contribution in [-0.2, 0) is 4.79 Å². The highest BCUT2D eigenvalue weighted by atomic mass is 32.2. The van der Waals surface area contributed by atoms with Gasteiger partial charge < -0.3 is 9.47 Å². The molecule has 2 rings (SSSR count). The average Bonchev–Trinajstić information content (AvgIpc) is 2.66. The summed E-state index contributed by atoms with van der Waals surface area (Å²) in [6.07, 6.45) is 0.405. The summed E-state index contributed by atoms with van der Waals surface area (Å²) in [5.74, 6) is 1.88. The second-order valence-electron chi connectivity index (χ2n) is 5.21. The number of hydrazone groups is 1. The molecule has 0 radical (unpaired) electrons. The Morgan fingerprint density at radius 1 is 1.08 bits per heavy atom. The molecular formula is C19H22N2O3S. The van der Waals surface area contributed by atoms with E-state index in [1.807, 2.05) is 55.5 Å². The number of hydrogen-bond donors (Lipinski definition) is 1. The summed E-state index contributed by atoms with van der Waals surface area (Å²) in [6, 6.07) is 15.5. The van der Waals surface area contributed by atoms with Crippen molar-refractivity contribution in [3.8, 4) is 11.5 Å². The lowest BCUT2D eigenvalue weighted by Gasteiger charge is -2.09. The second kappa shape index (κ2) is 9.74. The van der Waals surface area contributed by atoms with Gasteiger partial charge in [-0.2, -0.15) is 5.10 Å². The van der Waals surface area contributed by atoms with Gasteiger partial charge in [0.25, 0.3) is 0 Å². The summed E-state index contributed by atoms with van der Waals surface area (Å²) >= 11 is 1.65. The SMILES string of the molecule is COc1ccc(/C(C)=N\NC(=O)CCSc2ccccc2)cc1OC. The molecule has 0 aliphatic rings. The molecule has 2 aromatic carbocycles. The molecule has 0 aromatic heterocycles. The van der Waals surface area contributed by atoms with E-state index in [9.17, 15) is 4.79 Å². The maximum absolute atomic E-state index is 11.9. The van der Waals surface area contributed by atoms with Crippen LogP contribution in [0.25, 0.3) is 0 Å². The van der Waals surface area contributed by atoms with E-state index < -0.39 is 0 Å². The van der Waals surface area contributed by atoms with Crippen LogP contribution >= 0.6 is 11.8 Å². The number of ether oxygens (including phenoxy) is 2. The van der Waals surface area contributed by atoms with Crippen molar-refractivity contribution in [3.63, 3.8) is 0 Å². The Hall–Kier alpha value is -2.47. The quantitative estimate of drug-likeness (QED) is 0.444. The highest BCUT2D eigenvalue weighted by Gasteiger charge is 2.07. The number of nitrogens with zero attached hydrogens (tertiary/aromatic N) is 1. The number of thioether (sulfide) groups is 1. The van der Waals surface area contributed by atoms with Crippen molar-refractivity contribution in [1.29, 1.82) is 0 Å². The molecule has 0 saturated carbocycles. The Kier molecular flexibility index (Phi) is 7.35. The Morgan fingerprint density at radius 2 is 1.80 bits per heavy atom. The number of rotatable bonds is 8. The number of methoxy groups -OCH3 is 2. The third-order valence-corrected chi connectivity index (χ3v) is 4.50. The minimum Gasteiger partial charge on any atom is -0.493 e. The molecule has 0 bridgehead atoms. The molecule has 0 unspecified atom stereocenters. The van der Waals surface area contributed by atoms with Crippen molar-refractivity contribution >= 4 is 23.4 Å². The van der Waals surface area contributed by atoms with Gasteiger partial charge in [-0.1, -0.05) is 18.2 Å². The van der Waals surface area contributed by atoms with E-state index in [1.165, 1.54) is 0 Å². The smallest absolute Gasteiger partial charge is 0.240 e. The van der Waals surface area contributed by atoms with E-state index in [0.717, 1.165) is 10.5 Å². The zero-order valence-electron chi connectivity index (χ0n) is 14.6. The summed E-state index contributed by atoms with van der Waals surface area (Å²) in [4.78, 5) is 13.1. The first kappa shape index (κ1) is 18.9. The lowest BCUT2D eigenvalue weighted by atomic mass is 10.1. The summed E-state index contributed by atoms with van der Waals surface area (Å²) in [5.41, 5.74) is 4.15. The van der Waals surface area contributed by atoms with Crippen LogP contribution in [0.5, 0.6) is 11.5 Å². The van der Waals surface area contributed by atoms with Gasteiger partial charge in [0.15, 0.2) is 11.5 Å². The normalized spacial score (nSPS) is 11.1. The van der Waals surface area contributed by atoms with Crippen molar-refractivity contribution in [1.82, 2.24) is 5.43 Å². The molecule has 0 heterocycles. The largest absolute Gasteiger partial charge is 0.493 e. The number of nitrogens with one attached hydrogen (secondary N) is 1. The van der Waals surface area contributed by atoms with Crippen LogP contribution in [0.4, 0.5) is 0 Å². The van der Waals surface area contributed by atoms with Crippen LogP contribution in [0.1, 0.15) is 18.9 Å². The number of amides is 1. The molecule has 25 heavy (non-hydrogen) atoms. The van der Waals surface area contributed by atoms with Crippen LogP contribution in [0, 0.1) is 0 Å². The Labute approximate surface area is 152 Å². The molecular weight excluding hydrogens is 336 g/mol. The van der Waals surface area contributed by atoms with Crippen molar-refractivity contribution in [2.45, 2.75) is 18.2 Å². The third-order valence-electron chi connectivity index (χ3n) is 3.49. The van der Waals surface area contributed by atoms with Crippen molar-refractivity contribution in [3.05, 3.63) is 54.1 Å². The molecule has 0 spiro atoms. The summed E-state index contributed by atoms with van der Waals surface area (Å²) in [7, 11) is 3.17. The Balaban J connectivity index is 1.86. The third kappa shape index (κ3) is 5.83. The van der Waals surface area contributed by atoms with Crippen molar-refractivity contribution in [2.24, 2.45) is 5.10 Å². The van der Waals surface area contributed by atoms with Crippen LogP contribution in [-0.4, -0.2) is 31.6 Å². The second-order valence-corrected chi connectivity index (χ2v) is 6.38. The van der Waals surface area contributed by atoms with Gasteiger partial charge in [0.05, 0.1) is 19.9 Å². The first-order valence-corrected chi connectivity index (χ1v) is 8.86. The van der Waals surface area contributed by atoms with Gasteiger partial charge >= 0.3 is 0 Å². The number of benzene rings is 2. The highest BCUT2D eigenvalue weighted by Crippen LogP contribution is 2.27. The molecule has 132 valence electrons. The molecule has 0 aliphatic carbocycles. The van der Waals surface area contributed by atoms with Gasteiger partial charge in [-0.25, -0.2) is 5.43 Å². The monoisotopic (exact) mass is 358 g/mol. The van der Waals surface area contributed by atoms with Gasteiger partial charge in [-0.3, -0.25) is 4.79 Å². The number of carbonyl (C=O) groups is 1. The van der Waals surface area contributed by atoms with E-state index in [1.54, 1.807) is 26.0 Å². The predicted molar refractivity (Wildman–Crippen MR) is 102 cm³/mol. The molecule has 0 fully saturated rings. The van der Waals surface area contributed by atoms with E-state index in [0.29, 0.717) is 29.4 Å². The first-order valence-electron chi connectivity index (χ1n) is 7.87. The molecule has 0 atom stereocenters. The van der Waals surface area contributed by atoms with Crippen molar-refractivity contribution < 1.29 is 14.3 Å². The minimum absolute atomic E-state index is 0.108. The van der Waals surface area contributed by atoms with Crippen LogP contribution in [0.3, 0.4) is 0 Å². The molecule has 5 nitrogen and oxygen atoms in total. The maximum Gasteiger partial charge on any atom is 0.240 e. The fourth-order valence-electron chi connectivity index (χ4n) is 2.11. The van der Waals surface area contributed by atoms with Gasteiger partial charge in [-0.05, 0) is 37.3 Å². The molecule has 1 amide bonds. The highest BCUT2D eigenvalue weighted by molar-refractivity contribution is 7.99. The lowest BCUT2D eigenvalue weighted by molar-refractivity contribution is -0.120. The van der Waals surface area contributed by atoms with Gasteiger partial charge in [-0.15, -0.1) is 11.8 Å². The Morgan fingerprint density at radius 3 is 2.48 bits per heavy atom. The van der Waals surface area contributed by atoms with E-state index in [4.69, 9.17) is 9.47 Å². The van der Waals surface area contributed by atoms with E-state index >= 15 is 0 Å². The lowest BCUT2D eigenvalue weighted by Crippen LogP contribution is -2.19.